The Labute approximate surface area is 133 Å². The molecule has 0 aliphatic carbocycles. The Hall–Kier alpha value is -2.53. The molecular weight excluding hydrogens is 325 g/mol. The molecule has 1 saturated heterocycles. The van der Waals surface area contributed by atoms with Crippen LogP contribution in [0.4, 0.5) is 4.39 Å². The first-order valence-electron chi connectivity index (χ1n) is 7.02. The van der Waals surface area contributed by atoms with E-state index in [4.69, 9.17) is 10.3 Å². The number of imidazole rings is 1. The number of rotatable bonds is 4. The van der Waals surface area contributed by atoms with Crippen molar-refractivity contribution >= 4 is 11.2 Å². The van der Waals surface area contributed by atoms with Crippen LogP contribution < -0.4 is 10.5 Å². The Morgan fingerprint density at radius 3 is 3.04 bits per heavy atom. The summed E-state index contributed by atoms with van der Waals surface area (Å²) in [5.41, 5.74) is 4.56. The second kappa shape index (κ2) is 5.83. The van der Waals surface area contributed by atoms with Crippen molar-refractivity contribution in [3.63, 3.8) is 0 Å². The summed E-state index contributed by atoms with van der Waals surface area (Å²) >= 11 is 0. The lowest BCUT2D eigenvalue weighted by molar-refractivity contribution is -0.126. The summed E-state index contributed by atoms with van der Waals surface area (Å²) < 4.78 is 20.3. The van der Waals surface area contributed by atoms with E-state index in [0.717, 1.165) is 0 Å². The summed E-state index contributed by atoms with van der Waals surface area (Å²) in [6, 6.07) is 0. The lowest BCUT2D eigenvalue weighted by Gasteiger charge is -2.18. The first-order valence-corrected chi connectivity index (χ1v) is 7.02. The average Bonchev–Trinajstić information content (AvgIpc) is 3.08. The van der Waals surface area contributed by atoms with E-state index in [2.05, 4.69) is 25.0 Å². The molecule has 0 saturated carbocycles. The predicted octanol–water partition coefficient (Wildman–Crippen LogP) is -0.858. The Balaban J connectivity index is 2.15. The van der Waals surface area contributed by atoms with Crippen LogP contribution in [0.1, 0.15) is 12.1 Å². The lowest BCUT2D eigenvalue weighted by atomic mass is 9.97. The van der Waals surface area contributed by atoms with Crippen LogP contribution in [-0.4, -0.2) is 54.8 Å². The van der Waals surface area contributed by atoms with Gasteiger partial charge in [0, 0.05) is 0 Å². The van der Waals surface area contributed by atoms with Crippen molar-refractivity contribution in [1.82, 2.24) is 24.4 Å². The zero-order chi connectivity index (χ0) is 17.5. The Kier molecular flexibility index (Phi) is 3.97. The van der Waals surface area contributed by atoms with Gasteiger partial charge in [-0.25, -0.2) is 9.97 Å². The molecule has 0 radical (unpaired) electrons. The number of nitrogens with zero attached hydrogens (tertiary/aromatic N) is 5. The smallest absolute Gasteiger partial charge is 0.293 e. The van der Waals surface area contributed by atoms with Crippen molar-refractivity contribution < 1.29 is 19.3 Å². The summed E-state index contributed by atoms with van der Waals surface area (Å²) in [7, 11) is 0. The van der Waals surface area contributed by atoms with E-state index in [0.29, 0.717) is 5.82 Å². The molecule has 0 aromatic carbocycles. The minimum absolute atomic E-state index is 0.0277. The summed E-state index contributed by atoms with van der Waals surface area (Å²) in [5, 5.41) is 23.2. The number of H-pyrrole nitrogens is 1. The molecule has 0 amide bonds. The van der Waals surface area contributed by atoms with Gasteiger partial charge in [0.05, 0.1) is 18.9 Å². The van der Waals surface area contributed by atoms with Crippen molar-refractivity contribution in [3.8, 4) is 0 Å². The van der Waals surface area contributed by atoms with Crippen LogP contribution in [0.2, 0.25) is 0 Å². The monoisotopic (exact) mass is 340 g/mol. The number of alkyl halides is 1. The number of aryl methyl sites for hydroxylation is 1. The Morgan fingerprint density at radius 2 is 2.42 bits per heavy atom. The maximum atomic E-state index is 13.5. The number of aromatic amines is 1. The van der Waals surface area contributed by atoms with Gasteiger partial charge < -0.3 is 19.9 Å². The van der Waals surface area contributed by atoms with Gasteiger partial charge in [-0.1, -0.05) is 0 Å². The van der Waals surface area contributed by atoms with Gasteiger partial charge in [0.1, 0.15) is 30.3 Å². The fraction of sp³-hybridized carbons (Fsp3) is 0.583. The number of nitrogens with one attached hydrogen (secondary N) is 2. The molecule has 1 fully saturated rings. The highest BCUT2D eigenvalue weighted by molar-refractivity contribution is 5.69. The molecule has 12 heteroatoms. The van der Waals surface area contributed by atoms with Gasteiger partial charge in [-0.2, -0.15) is 0 Å². The van der Waals surface area contributed by atoms with E-state index < -0.39 is 42.8 Å². The highest BCUT2D eigenvalue weighted by atomic mass is 19.1. The number of aliphatic hydroxyl groups excluding tert-OH is 2. The molecule has 1 aliphatic heterocycles. The summed E-state index contributed by atoms with van der Waals surface area (Å²) in [6.07, 6.45) is -1.45. The number of halogens is 1. The first kappa shape index (κ1) is 16.3. The Morgan fingerprint density at radius 1 is 1.67 bits per heavy atom. The largest absolute Gasteiger partial charge is 0.391 e. The number of hydrogen-bond acceptors (Lipinski definition) is 8. The normalized spacial score (nSPS) is 29.8. The molecule has 3 heterocycles. The maximum Gasteiger partial charge on any atom is 0.293 e. The number of hydrogen-bond donors (Lipinski definition) is 4. The van der Waals surface area contributed by atoms with E-state index >= 15 is 0 Å². The molecule has 0 bridgehead atoms. The van der Waals surface area contributed by atoms with Crippen molar-refractivity contribution in [2.75, 3.05) is 13.3 Å². The maximum absolute atomic E-state index is 13.5. The fourth-order valence-electron chi connectivity index (χ4n) is 2.83. The van der Waals surface area contributed by atoms with Crippen LogP contribution in [0.5, 0.6) is 0 Å². The molecule has 128 valence electrons. The van der Waals surface area contributed by atoms with Crippen LogP contribution in [0.25, 0.3) is 11.2 Å². The van der Waals surface area contributed by atoms with Crippen LogP contribution in [0.3, 0.4) is 0 Å². The van der Waals surface area contributed by atoms with Gasteiger partial charge in [-0.05, 0) is 6.92 Å². The van der Waals surface area contributed by atoms with Crippen LogP contribution in [-0.2, 0) is 4.74 Å². The molecule has 0 unspecified atom stereocenters. The molecule has 11 nitrogen and oxygen atoms in total. The van der Waals surface area contributed by atoms with E-state index in [9.17, 15) is 19.4 Å². The second-order valence-electron chi connectivity index (χ2n) is 5.45. The first-order chi connectivity index (χ1) is 11.5. The predicted molar refractivity (Wildman–Crippen MR) is 75.6 cm³/mol. The second-order valence-corrected chi connectivity index (χ2v) is 5.45. The zero-order valence-electron chi connectivity index (χ0n) is 12.5. The van der Waals surface area contributed by atoms with Gasteiger partial charge in [0.2, 0.25) is 4.91 Å². The van der Waals surface area contributed by atoms with E-state index in [1.807, 2.05) is 0 Å². The fourth-order valence-corrected chi connectivity index (χ4v) is 2.83. The lowest BCUT2D eigenvalue weighted by Crippen LogP contribution is -2.43. The molecule has 24 heavy (non-hydrogen) atoms. The summed E-state index contributed by atoms with van der Waals surface area (Å²) in [4.78, 5) is 25.3. The van der Waals surface area contributed by atoms with E-state index in [1.54, 1.807) is 6.92 Å². The summed E-state index contributed by atoms with van der Waals surface area (Å²) in [6.45, 7) is -0.229. The third-order valence-corrected chi connectivity index (χ3v) is 4.01. The van der Waals surface area contributed by atoms with E-state index in [-0.39, 0.29) is 11.2 Å². The van der Waals surface area contributed by atoms with Crippen molar-refractivity contribution in [1.29, 1.82) is 5.53 Å². The quantitative estimate of drug-likeness (QED) is 0.418. The molecule has 3 rings (SSSR count). The zero-order valence-corrected chi connectivity index (χ0v) is 12.5. The molecule has 4 atom stereocenters. The van der Waals surface area contributed by atoms with Crippen molar-refractivity contribution in [2.45, 2.75) is 25.0 Å². The highest BCUT2D eigenvalue weighted by Gasteiger charge is 2.59. The minimum atomic E-state index is -1.96. The van der Waals surface area contributed by atoms with Gasteiger partial charge >= 0.3 is 0 Å². The van der Waals surface area contributed by atoms with Gasteiger partial charge in [-0.3, -0.25) is 13.8 Å². The number of aromatic nitrogens is 4. The third kappa shape index (κ3) is 2.24. The van der Waals surface area contributed by atoms with E-state index in [1.165, 1.54) is 10.9 Å². The molecular formula is C12H15FN7O4+. The number of fused-ring (bicyclic) bond motifs is 1. The van der Waals surface area contributed by atoms with Crippen molar-refractivity contribution in [2.24, 2.45) is 11.0 Å². The minimum Gasteiger partial charge on any atom is -0.391 e. The van der Waals surface area contributed by atoms with Crippen molar-refractivity contribution in [3.05, 3.63) is 22.5 Å². The van der Waals surface area contributed by atoms with Crippen LogP contribution in [0, 0.1) is 18.4 Å². The number of aliphatic hydroxyl groups is 2. The van der Waals surface area contributed by atoms with Crippen LogP contribution in [0.15, 0.2) is 16.2 Å². The molecule has 2 aromatic rings. The highest BCUT2D eigenvalue weighted by Crippen LogP contribution is 2.43. The Bertz CT molecular complexity index is 876. The average molecular weight is 340 g/mol. The molecule has 0 spiro atoms. The topological polar surface area (TPSA) is 164 Å². The number of ether oxygens (including phenoxy) is 1. The SMILES string of the molecule is Cc1nc2c(ncn2[C@@H]2O[C@@](CO)(N=[N+]=N)[C@@H](O)[C@@H]2CF)c(=O)[nH]1. The van der Waals surface area contributed by atoms with Gasteiger partial charge in [-0.15, -0.1) is 0 Å². The van der Waals surface area contributed by atoms with Gasteiger partial charge in [0.15, 0.2) is 16.3 Å². The summed E-state index contributed by atoms with van der Waals surface area (Å²) in [5.74, 6) is -0.801. The standard InChI is InChI=1S/C12H14FN7O4/c1-5-16-9-7(10(23)17-5)15-4-20(9)11-6(2-13)8(22)12(3-21,24-11)18-19-14/h4,6,8,11,14,21-22H,2-3H2,1H3/p+1/t6-,8-,11+,12+/m0/s1. The van der Waals surface area contributed by atoms with Crippen LogP contribution >= 0.6 is 0 Å². The van der Waals surface area contributed by atoms with Gasteiger partial charge in [0.25, 0.3) is 11.3 Å². The molecule has 2 aromatic heterocycles. The molecule has 1 aliphatic rings. The molecule has 4 N–H and O–H groups in total. The third-order valence-electron chi connectivity index (χ3n) is 4.01.